The van der Waals surface area contributed by atoms with Gasteiger partial charge in [0.25, 0.3) is 0 Å². The minimum Gasteiger partial charge on any atom is -0.366 e. The number of nitrogens with one attached hydrogen (secondary N) is 1. The summed E-state index contributed by atoms with van der Waals surface area (Å²) in [7, 11) is 0. The van der Waals surface area contributed by atoms with Crippen LogP contribution in [0, 0.1) is 18.8 Å². The maximum Gasteiger partial charge on any atom is 0.240 e. The largest absolute Gasteiger partial charge is 0.366 e. The van der Waals surface area contributed by atoms with Gasteiger partial charge in [-0.05, 0) is 31.2 Å². The zero-order valence-corrected chi connectivity index (χ0v) is 16.2. The smallest absolute Gasteiger partial charge is 0.240 e. The number of fused-ring (bicyclic) bond motifs is 8. The van der Waals surface area contributed by atoms with Crippen molar-refractivity contribution in [3.63, 3.8) is 0 Å². The lowest BCUT2D eigenvalue weighted by Gasteiger charge is -2.22. The molecule has 6 nitrogen and oxygen atoms in total. The third-order valence-electron chi connectivity index (χ3n) is 6.29. The van der Waals surface area contributed by atoms with E-state index in [0.29, 0.717) is 10.7 Å². The molecule has 7 heteroatoms. The van der Waals surface area contributed by atoms with Crippen LogP contribution in [0.4, 0.5) is 5.69 Å². The van der Waals surface area contributed by atoms with Crippen LogP contribution >= 0.6 is 11.6 Å². The van der Waals surface area contributed by atoms with Crippen molar-refractivity contribution in [2.24, 2.45) is 11.8 Å². The highest BCUT2D eigenvalue weighted by Crippen LogP contribution is 2.55. The van der Waals surface area contributed by atoms with Crippen molar-refractivity contribution in [1.29, 1.82) is 0 Å². The molecule has 1 N–H and O–H groups in total. The summed E-state index contributed by atoms with van der Waals surface area (Å²) in [6.07, 6.45) is -1.31. The summed E-state index contributed by atoms with van der Waals surface area (Å²) in [5.41, 5.74) is 7.28. The van der Waals surface area contributed by atoms with Crippen molar-refractivity contribution in [3.05, 3.63) is 70.3 Å². The maximum absolute atomic E-state index is 13.3. The van der Waals surface area contributed by atoms with E-state index >= 15 is 0 Å². The van der Waals surface area contributed by atoms with Gasteiger partial charge >= 0.3 is 0 Å². The number of benzene rings is 2. The zero-order valence-electron chi connectivity index (χ0n) is 15.5. The number of halogens is 1. The van der Waals surface area contributed by atoms with Crippen molar-refractivity contribution in [2.45, 2.75) is 25.2 Å². The summed E-state index contributed by atoms with van der Waals surface area (Å²) in [6.45, 7) is 1.97. The van der Waals surface area contributed by atoms with E-state index in [1.54, 1.807) is 12.1 Å². The monoisotopic (exact) mass is 408 g/mol. The molecule has 2 aromatic carbocycles. The summed E-state index contributed by atoms with van der Waals surface area (Å²) < 4.78 is 6.11. The Bertz CT molecular complexity index is 1080. The summed E-state index contributed by atoms with van der Waals surface area (Å²) in [4.78, 5) is 33.5. The van der Waals surface area contributed by atoms with Crippen LogP contribution in [-0.2, 0) is 19.2 Å². The van der Waals surface area contributed by atoms with Gasteiger partial charge < -0.3 is 4.74 Å². The number of carbonyl (C=O) groups is 2. The molecule has 4 aliphatic rings. The number of anilines is 1. The molecule has 2 aromatic rings. The summed E-state index contributed by atoms with van der Waals surface area (Å²) in [5, 5.41) is 0.643. The fourth-order valence-electron chi connectivity index (χ4n) is 4.97. The van der Waals surface area contributed by atoms with Gasteiger partial charge in [0.2, 0.25) is 11.8 Å². The van der Waals surface area contributed by atoms with Gasteiger partial charge in [-0.15, -0.1) is 0 Å². The second kappa shape index (κ2) is 5.92. The maximum atomic E-state index is 13.3. The van der Waals surface area contributed by atoms with Crippen molar-refractivity contribution in [3.8, 4) is 0 Å². The number of imide groups is 1. The normalized spacial score (nSPS) is 32.1. The standard InChI is InChI=1S/C22H17ClN2O4/c1-10-2-8-13(9-3-10)25-21(26)14-15(22(25)27)19-20-16(18(14)28-19)17(24-29-20)11-4-6-12(23)7-5-11/h2-9,14-15,18-20,24H,1H3/t14-,15+,18-,19+,20+/m0/s1. The number of hydrogen-bond donors (Lipinski definition) is 1. The van der Waals surface area contributed by atoms with E-state index in [9.17, 15) is 9.59 Å². The predicted octanol–water partition coefficient (Wildman–Crippen LogP) is 2.85. The van der Waals surface area contributed by atoms with Crippen molar-refractivity contribution >= 4 is 34.8 Å². The van der Waals surface area contributed by atoms with Gasteiger partial charge in [0.1, 0.15) is 12.2 Å². The lowest BCUT2D eigenvalue weighted by Crippen LogP contribution is -2.40. The summed E-state index contributed by atoms with van der Waals surface area (Å²) >= 11 is 6.00. The predicted molar refractivity (Wildman–Crippen MR) is 106 cm³/mol. The number of hydroxylamine groups is 1. The highest BCUT2D eigenvalue weighted by molar-refractivity contribution is 6.30. The van der Waals surface area contributed by atoms with Crippen molar-refractivity contribution in [1.82, 2.24) is 5.48 Å². The number of aryl methyl sites for hydroxylation is 1. The molecule has 6 rings (SSSR count). The van der Waals surface area contributed by atoms with Crippen LogP contribution in [0.2, 0.25) is 5.02 Å². The van der Waals surface area contributed by atoms with Gasteiger partial charge in [-0.2, -0.15) is 0 Å². The van der Waals surface area contributed by atoms with Crippen molar-refractivity contribution in [2.75, 3.05) is 4.90 Å². The molecule has 4 heterocycles. The average Bonchev–Trinajstić information content (AvgIpc) is 3.44. The van der Waals surface area contributed by atoms with E-state index in [1.165, 1.54) is 4.90 Å². The molecule has 0 aliphatic carbocycles. The Morgan fingerprint density at radius 1 is 0.931 bits per heavy atom. The number of hydrogen-bond acceptors (Lipinski definition) is 5. The fourth-order valence-corrected chi connectivity index (χ4v) is 5.09. The Morgan fingerprint density at radius 3 is 2.34 bits per heavy atom. The summed E-state index contributed by atoms with van der Waals surface area (Å²) in [5.74, 6) is -1.46. The highest BCUT2D eigenvalue weighted by atomic mass is 35.5. The highest BCUT2D eigenvalue weighted by Gasteiger charge is 2.69. The van der Waals surface area contributed by atoms with Crippen LogP contribution in [0.1, 0.15) is 11.1 Å². The number of amides is 2. The van der Waals surface area contributed by atoms with E-state index in [2.05, 4.69) is 5.48 Å². The third-order valence-corrected chi connectivity index (χ3v) is 6.55. The van der Waals surface area contributed by atoms with Crippen LogP contribution in [0.3, 0.4) is 0 Å². The van der Waals surface area contributed by atoms with Gasteiger partial charge in [0, 0.05) is 16.2 Å². The molecule has 0 radical (unpaired) electrons. The molecular formula is C22H17ClN2O4. The Labute approximate surface area is 172 Å². The minimum absolute atomic E-state index is 0.204. The number of ether oxygens (including phenoxy) is 1. The molecule has 0 unspecified atom stereocenters. The molecule has 0 spiro atoms. The third kappa shape index (κ3) is 2.25. The first-order chi connectivity index (χ1) is 14.0. The van der Waals surface area contributed by atoms with E-state index in [4.69, 9.17) is 21.2 Å². The zero-order chi connectivity index (χ0) is 19.9. The van der Waals surface area contributed by atoms with Gasteiger partial charge in [0.05, 0.1) is 29.3 Å². The lowest BCUT2D eigenvalue weighted by molar-refractivity contribution is -0.126. The Morgan fingerprint density at radius 2 is 1.62 bits per heavy atom. The first-order valence-corrected chi connectivity index (χ1v) is 9.94. The molecular weight excluding hydrogens is 392 g/mol. The van der Waals surface area contributed by atoms with E-state index < -0.39 is 24.0 Å². The number of carbonyl (C=O) groups excluding carboxylic acids is 2. The number of nitrogens with zero attached hydrogens (tertiary/aromatic N) is 1. The molecule has 3 fully saturated rings. The molecule has 4 aliphatic heterocycles. The first-order valence-electron chi connectivity index (χ1n) is 9.56. The SMILES string of the molecule is Cc1ccc(N2C(=O)[C@H]3[C@H]4O[C@H](C5=C(c6ccc(Cl)cc6)NO[C@H]54)[C@H]3C2=O)cc1. The van der Waals surface area contributed by atoms with Crippen LogP contribution in [0.5, 0.6) is 0 Å². The van der Waals surface area contributed by atoms with Crippen LogP contribution in [0.15, 0.2) is 54.1 Å². The number of rotatable bonds is 2. The fraction of sp³-hybridized carbons (Fsp3) is 0.273. The first kappa shape index (κ1) is 17.2. The van der Waals surface area contributed by atoms with Crippen LogP contribution in [-0.4, -0.2) is 30.1 Å². The molecule has 2 bridgehead atoms. The molecule has 0 saturated carbocycles. The molecule has 5 atom stereocenters. The second-order valence-corrected chi connectivity index (χ2v) is 8.33. The van der Waals surface area contributed by atoms with E-state index in [-0.39, 0.29) is 17.9 Å². The molecule has 0 aromatic heterocycles. The molecule has 3 saturated heterocycles. The minimum atomic E-state index is -0.522. The lowest BCUT2D eigenvalue weighted by atomic mass is 9.76. The van der Waals surface area contributed by atoms with Gasteiger partial charge in [0.15, 0.2) is 0 Å². The molecule has 2 amide bonds. The molecule has 29 heavy (non-hydrogen) atoms. The van der Waals surface area contributed by atoms with Gasteiger partial charge in [-0.25, -0.2) is 4.90 Å². The van der Waals surface area contributed by atoms with E-state index in [0.717, 1.165) is 22.4 Å². The Kier molecular flexibility index (Phi) is 3.51. The molecule has 146 valence electrons. The van der Waals surface area contributed by atoms with Crippen molar-refractivity contribution < 1.29 is 19.2 Å². The Balaban J connectivity index is 1.40. The van der Waals surface area contributed by atoms with Crippen LogP contribution < -0.4 is 10.4 Å². The second-order valence-electron chi connectivity index (χ2n) is 7.90. The quantitative estimate of drug-likeness (QED) is 0.774. The average molecular weight is 409 g/mol. The van der Waals surface area contributed by atoms with Gasteiger partial charge in [-0.3, -0.25) is 19.9 Å². The van der Waals surface area contributed by atoms with E-state index in [1.807, 2.05) is 43.3 Å². The Hall–Kier alpha value is -2.67. The van der Waals surface area contributed by atoms with Gasteiger partial charge in [-0.1, -0.05) is 41.4 Å². The topological polar surface area (TPSA) is 67.9 Å². The summed E-state index contributed by atoms with van der Waals surface area (Å²) in [6, 6.07) is 14.8. The van der Waals surface area contributed by atoms with Crippen LogP contribution in [0.25, 0.3) is 5.70 Å².